The van der Waals surface area contributed by atoms with Gasteiger partial charge < -0.3 is 0 Å². The molecule has 1 radical (unpaired) electrons. The molecule has 1 rings (SSSR count). The summed E-state index contributed by atoms with van der Waals surface area (Å²) in [6.45, 7) is 11.3. The van der Waals surface area contributed by atoms with Crippen molar-refractivity contribution in [2.45, 2.75) is 39.3 Å². The molecule has 0 nitrogen and oxygen atoms in total. The van der Waals surface area contributed by atoms with E-state index in [1.54, 1.807) is 0 Å². The fourth-order valence-electron chi connectivity index (χ4n) is 1.36. The summed E-state index contributed by atoms with van der Waals surface area (Å²) in [6.07, 6.45) is 2.24. The van der Waals surface area contributed by atoms with Gasteiger partial charge in [-0.25, -0.2) is 0 Å². The molecule has 0 fully saturated rings. The highest BCUT2D eigenvalue weighted by Gasteiger charge is 2.12. The molecule has 0 saturated carbocycles. The van der Waals surface area contributed by atoms with Crippen LogP contribution in [0.4, 0.5) is 0 Å². The third-order valence-electron chi connectivity index (χ3n) is 2.39. The van der Waals surface area contributed by atoms with Gasteiger partial charge in [0.25, 0.3) is 0 Å². The normalized spacial score (nSPS) is 12.7. The van der Waals surface area contributed by atoms with Crippen LogP contribution in [-0.2, 0) is 5.41 Å². The molecule has 1 aromatic carbocycles. The molecular formula is C14H21Si. The third kappa shape index (κ3) is 4.04. The highest BCUT2D eigenvalue weighted by atomic mass is 28.3. The maximum atomic E-state index is 2.33. The highest BCUT2D eigenvalue weighted by molar-refractivity contribution is 6.62. The van der Waals surface area contributed by atoms with E-state index in [0.717, 1.165) is 0 Å². The lowest BCUT2D eigenvalue weighted by Gasteiger charge is -2.18. The quantitative estimate of drug-likeness (QED) is 0.648. The van der Waals surface area contributed by atoms with E-state index < -0.39 is 0 Å². The van der Waals surface area contributed by atoms with Gasteiger partial charge >= 0.3 is 0 Å². The second-order valence-corrected chi connectivity index (χ2v) is 7.77. The Balaban J connectivity index is 2.82. The minimum absolute atomic E-state index is 0.251. The zero-order valence-electron chi connectivity index (χ0n) is 10.5. The van der Waals surface area contributed by atoms with Crippen molar-refractivity contribution in [2.75, 3.05) is 0 Å². The second-order valence-electron chi connectivity index (χ2n) is 5.28. The van der Waals surface area contributed by atoms with Gasteiger partial charge in [0.05, 0.1) is 8.80 Å². The summed E-state index contributed by atoms with van der Waals surface area (Å²) < 4.78 is 0. The van der Waals surface area contributed by atoms with Gasteiger partial charge in [0.15, 0.2) is 0 Å². The van der Waals surface area contributed by atoms with Crippen LogP contribution < -0.4 is 0 Å². The van der Waals surface area contributed by atoms with Gasteiger partial charge in [-0.1, -0.05) is 69.9 Å². The van der Waals surface area contributed by atoms with Crippen LogP contribution in [0.15, 0.2) is 30.0 Å². The van der Waals surface area contributed by atoms with E-state index in [9.17, 15) is 0 Å². The molecule has 0 amide bonds. The van der Waals surface area contributed by atoms with Crippen LogP contribution in [0, 0.1) is 0 Å². The fraction of sp³-hybridized carbons (Fsp3) is 0.429. The molecule has 0 N–H and O–H groups in total. The molecule has 0 unspecified atom stereocenters. The molecule has 1 heteroatoms. The summed E-state index contributed by atoms with van der Waals surface area (Å²) in [5.74, 6) is 0. The summed E-state index contributed by atoms with van der Waals surface area (Å²) in [6, 6.07) is 8.89. The predicted molar refractivity (Wildman–Crippen MR) is 71.7 cm³/mol. The Morgan fingerprint density at radius 1 is 1.00 bits per heavy atom. The van der Waals surface area contributed by atoms with Gasteiger partial charge in [0, 0.05) is 0 Å². The maximum absolute atomic E-state index is 2.33. The first-order valence-corrected chi connectivity index (χ1v) is 8.06. The first-order valence-electron chi connectivity index (χ1n) is 5.48. The smallest absolute Gasteiger partial charge is 0.0693 e. The van der Waals surface area contributed by atoms with E-state index in [0.29, 0.717) is 0 Å². The van der Waals surface area contributed by atoms with Crippen LogP contribution in [0.25, 0.3) is 6.08 Å². The average Bonchev–Trinajstić information content (AvgIpc) is 2.14. The molecule has 0 saturated heterocycles. The van der Waals surface area contributed by atoms with Gasteiger partial charge in [0.1, 0.15) is 0 Å². The van der Waals surface area contributed by atoms with E-state index in [-0.39, 0.29) is 14.2 Å². The lowest BCUT2D eigenvalue weighted by Crippen LogP contribution is -2.10. The van der Waals surface area contributed by atoms with Crippen LogP contribution in [0.3, 0.4) is 0 Å². The van der Waals surface area contributed by atoms with Gasteiger partial charge in [-0.2, -0.15) is 0 Å². The van der Waals surface area contributed by atoms with E-state index in [1.807, 2.05) is 0 Å². The summed E-state index contributed by atoms with van der Waals surface area (Å²) in [4.78, 5) is 0. The molecule has 81 valence electrons. The minimum Gasteiger partial charge on any atom is -0.0961 e. The Bertz CT molecular complexity index is 325. The fourth-order valence-corrected chi connectivity index (χ4v) is 1.88. The number of hydrogen-bond acceptors (Lipinski definition) is 0. The van der Waals surface area contributed by atoms with Gasteiger partial charge in [-0.05, 0) is 16.5 Å². The van der Waals surface area contributed by atoms with Crippen molar-refractivity contribution in [1.29, 1.82) is 0 Å². The first kappa shape index (κ1) is 12.2. The summed E-state index contributed by atoms with van der Waals surface area (Å²) in [5, 5.41) is 0. The van der Waals surface area contributed by atoms with Crippen LogP contribution in [-0.4, -0.2) is 8.80 Å². The van der Waals surface area contributed by atoms with E-state index in [4.69, 9.17) is 0 Å². The third-order valence-corrected chi connectivity index (χ3v) is 3.22. The maximum Gasteiger partial charge on any atom is 0.0693 e. The van der Waals surface area contributed by atoms with Crippen molar-refractivity contribution in [3.05, 3.63) is 41.1 Å². The van der Waals surface area contributed by atoms with E-state index >= 15 is 0 Å². The SMILES string of the molecule is C[Si](C)C=Cc1ccc(C(C)(C)C)cc1. The number of rotatable bonds is 2. The molecular weight excluding hydrogens is 196 g/mol. The molecule has 0 atom stereocenters. The molecule has 0 spiro atoms. The van der Waals surface area contributed by atoms with Crippen molar-refractivity contribution < 1.29 is 0 Å². The predicted octanol–water partition coefficient (Wildman–Crippen LogP) is 4.29. The van der Waals surface area contributed by atoms with Crippen molar-refractivity contribution in [1.82, 2.24) is 0 Å². The number of hydrogen-bond donors (Lipinski definition) is 0. The molecule has 0 aliphatic rings. The van der Waals surface area contributed by atoms with Gasteiger partial charge in [0.2, 0.25) is 0 Å². The largest absolute Gasteiger partial charge is 0.0961 e. The topological polar surface area (TPSA) is 0 Å². The standard InChI is InChI=1S/C14H21Si/c1-14(2,3)13-8-6-12(7-9-13)10-11-15(4)5/h6-11H,1-5H3. The Kier molecular flexibility index (Phi) is 3.92. The lowest BCUT2D eigenvalue weighted by atomic mass is 9.87. The van der Waals surface area contributed by atoms with Crippen LogP contribution in [0.5, 0.6) is 0 Å². The molecule has 0 aliphatic heterocycles. The zero-order valence-corrected chi connectivity index (χ0v) is 11.5. The molecule has 0 aromatic heterocycles. The molecule has 15 heavy (non-hydrogen) atoms. The van der Waals surface area contributed by atoms with Crippen LogP contribution in [0.1, 0.15) is 31.9 Å². The van der Waals surface area contributed by atoms with Gasteiger partial charge in [-0.15, -0.1) is 0 Å². The first-order chi connectivity index (χ1) is 6.89. The Morgan fingerprint density at radius 3 is 1.93 bits per heavy atom. The van der Waals surface area contributed by atoms with E-state index in [1.165, 1.54) is 11.1 Å². The lowest BCUT2D eigenvalue weighted by molar-refractivity contribution is 0.590. The highest BCUT2D eigenvalue weighted by Crippen LogP contribution is 2.22. The number of benzene rings is 1. The molecule has 1 aromatic rings. The van der Waals surface area contributed by atoms with Crippen molar-refractivity contribution in [3.63, 3.8) is 0 Å². The van der Waals surface area contributed by atoms with Crippen molar-refractivity contribution >= 4 is 14.9 Å². The molecule has 0 bridgehead atoms. The zero-order chi connectivity index (χ0) is 11.5. The Labute approximate surface area is 95.6 Å². The van der Waals surface area contributed by atoms with Crippen LogP contribution >= 0.6 is 0 Å². The summed E-state index contributed by atoms with van der Waals surface area (Å²) >= 11 is 0. The van der Waals surface area contributed by atoms with Crippen molar-refractivity contribution in [3.8, 4) is 0 Å². The van der Waals surface area contributed by atoms with Crippen molar-refractivity contribution in [2.24, 2.45) is 0 Å². The molecule has 0 heterocycles. The molecule has 0 aliphatic carbocycles. The summed E-state index contributed by atoms with van der Waals surface area (Å²) in [5.41, 5.74) is 5.30. The second kappa shape index (κ2) is 4.80. The average molecular weight is 217 g/mol. The van der Waals surface area contributed by atoms with Crippen LogP contribution in [0.2, 0.25) is 13.1 Å². The Morgan fingerprint density at radius 2 is 1.53 bits per heavy atom. The summed E-state index contributed by atoms with van der Waals surface area (Å²) in [7, 11) is -0.251. The Hall–Kier alpha value is -0.823. The monoisotopic (exact) mass is 217 g/mol. The van der Waals surface area contributed by atoms with E-state index in [2.05, 4.69) is 69.9 Å². The minimum atomic E-state index is -0.251. The van der Waals surface area contributed by atoms with Gasteiger partial charge in [-0.3, -0.25) is 0 Å².